The zero-order valence-corrected chi connectivity index (χ0v) is 23.3. The highest BCUT2D eigenvalue weighted by Crippen LogP contribution is 2.48. The van der Waals surface area contributed by atoms with E-state index in [0.717, 1.165) is 0 Å². The maximum atomic E-state index is 9.64. The number of benzene rings is 8. The lowest BCUT2D eigenvalue weighted by molar-refractivity contribution is 0.669. The first-order chi connectivity index (χ1) is 29.4. The summed E-state index contributed by atoms with van der Waals surface area (Å²) in [5, 5.41) is -0.00207. The third kappa shape index (κ3) is 4.17. The lowest BCUT2D eigenvalue weighted by atomic mass is 9.83. The molecule has 8 aromatic carbocycles. The molecule has 1 nitrogen and oxygen atoms in total. The van der Waals surface area contributed by atoms with Crippen molar-refractivity contribution in [1.82, 2.24) is 0 Å². The zero-order chi connectivity index (χ0) is 44.5. The maximum absolute atomic E-state index is 9.64. The molecule has 0 saturated heterocycles. The van der Waals surface area contributed by atoms with Crippen molar-refractivity contribution in [1.29, 1.82) is 0 Å². The fourth-order valence-electron chi connectivity index (χ4n) is 5.95. The van der Waals surface area contributed by atoms with Crippen LogP contribution in [0.4, 0.5) is 0 Å². The SMILES string of the molecule is [2H]c1c([2H])c([2H])c(-c2c([2H])c([2H])c([2H])c(-c3c4c([2H])c([2H])c([2H])c([2H])c4c(-c4cc5c(cc4-c4ccccc4)oc4ccccc45)c4c([2H])c([2H])c([2H])c([2H])c34)c2[2H])c([2H])c1[2H]. The summed E-state index contributed by atoms with van der Waals surface area (Å²) < 4.78 is 159. The Balaban J connectivity index is 1.60. The van der Waals surface area contributed by atoms with Crippen molar-refractivity contribution in [2.24, 2.45) is 0 Å². The van der Waals surface area contributed by atoms with Gasteiger partial charge >= 0.3 is 0 Å². The standard InChI is InChI=1S/C44H28O/c1-3-14-29(15-4-1)31-18-13-19-32(26-31)43-34-21-7-9-23-36(34)44(37-24-10-8-22-35(37)43)40-27-39-33-20-11-12-25-41(33)45-42(39)28-38(40)30-16-5-2-6-17-30/h1-28H/i1D,3D,4D,7D,8D,9D,10D,13D,14D,15D,18D,19D,21D,22D,23D,24D,26D. The number of hydrogen-bond acceptors (Lipinski definition) is 1. The van der Waals surface area contributed by atoms with Gasteiger partial charge in [-0.05, 0) is 90.3 Å². The molecule has 1 heterocycles. The van der Waals surface area contributed by atoms with Gasteiger partial charge in [-0.2, -0.15) is 0 Å². The molecule has 0 saturated carbocycles. The minimum absolute atomic E-state index is 0.0316. The van der Waals surface area contributed by atoms with Crippen molar-refractivity contribution in [3.05, 3.63) is 169 Å². The molecule has 0 aliphatic carbocycles. The first-order valence-electron chi connectivity index (χ1n) is 22.6. The molecule has 0 aliphatic rings. The molecule has 0 fully saturated rings. The summed E-state index contributed by atoms with van der Waals surface area (Å²) in [4.78, 5) is 0. The minimum atomic E-state index is -0.881. The number of para-hydroxylation sites is 1. The molecule has 0 spiro atoms. The van der Waals surface area contributed by atoms with Crippen molar-refractivity contribution in [2.45, 2.75) is 0 Å². The predicted octanol–water partition coefficient (Wildman–Crippen LogP) is 12.6. The van der Waals surface area contributed by atoms with Gasteiger partial charge in [0.15, 0.2) is 0 Å². The van der Waals surface area contributed by atoms with E-state index < -0.39 is 125 Å². The van der Waals surface area contributed by atoms with Crippen LogP contribution in [0.1, 0.15) is 23.3 Å². The number of fused-ring (bicyclic) bond motifs is 5. The topological polar surface area (TPSA) is 13.1 Å². The van der Waals surface area contributed by atoms with Crippen LogP contribution in [0.5, 0.6) is 0 Å². The second kappa shape index (κ2) is 10.4. The van der Waals surface area contributed by atoms with Crippen molar-refractivity contribution in [3.63, 3.8) is 0 Å². The van der Waals surface area contributed by atoms with Crippen LogP contribution in [0.2, 0.25) is 0 Å². The molecule has 210 valence electrons. The summed E-state index contributed by atoms with van der Waals surface area (Å²) in [5.74, 6) is 0. The van der Waals surface area contributed by atoms with Crippen LogP contribution in [-0.4, -0.2) is 0 Å². The Labute approximate surface area is 285 Å². The van der Waals surface area contributed by atoms with Gasteiger partial charge in [0.2, 0.25) is 0 Å². The molecule has 9 aromatic rings. The summed E-state index contributed by atoms with van der Waals surface area (Å²) in [6, 6.07) is 6.64. The van der Waals surface area contributed by atoms with E-state index in [1.807, 2.05) is 12.1 Å². The molecule has 45 heavy (non-hydrogen) atoms. The monoisotopic (exact) mass is 589 g/mol. The van der Waals surface area contributed by atoms with E-state index >= 15 is 0 Å². The fourth-order valence-corrected chi connectivity index (χ4v) is 5.95. The van der Waals surface area contributed by atoms with Gasteiger partial charge in [-0.25, -0.2) is 0 Å². The highest BCUT2D eigenvalue weighted by molar-refractivity contribution is 6.23. The van der Waals surface area contributed by atoms with Gasteiger partial charge in [0.25, 0.3) is 0 Å². The molecule has 9 rings (SSSR count). The number of furan rings is 1. The Morgan fingerprint density at radius 1 is 0.378 bits per heavy atom. The second-order valence-electron chi connectivity index (χ2n) is 10.4. The highest BCUT2D eigenvalue weighted by Gasteiger charge is 2.21. The minimum Gasteiger partial charge on any atom is -0.456 e. The second-order valence-corrected chi connectivity index (χ2v) is 10.4. The van der Waals surface area contributed by atoms with Crippen molar-refractivity contribution >= 4 is 43.5 Å². The zero-order valence-electron chi connectivity index (χ0n) is 40.3. The average Bonchev–Trinajstić information content (AvgIpc) is 3.64. The van der Waals surface area contributed by atoms with E-state index in [0.29, 0.717) is 33.1 Å². The summed E-state index contributed by atoms with van der Waals surface area (Å²) in [7, 11) is 0. The van der Waals surface area contributed by atoms with E-state index in [9.17, 15) is 8.22 Å². The van der Waals surface area contributed by atoms with Gasteiger partial charge in [0.05, 0.1) is 23.3 Å². The maximum Gasteiger partial charge on any atom is 0.136 e. The molecule has 0 unspecified atom stereocenters. The first-order valence-corrected chi connectivity index (χ1v) is 14.1. The summed E-state index contributed by atoms with van der Waals surface area (Å²) in [6.07, 6.45) is 0. The van der Waals surface area contributed by atoms with E-state index in [1.165, 1.54) is 0 Å². The van der Waals surface area contributed by atoms with E-state index in [1.54, 1.807) is 54.6 Å². The molecule has 0 aliphatic heterocycles. The van der Waals surface area contributed by atoms with Gasteiger partial charge in [-0.15, -0.1) is 0 Å². The molecular weight excluding hydrogens is 544 g/mol. The van der Waals surface area contributed by atoms with E-state index in [4.69, 9.17) is 19.5 Å². The van der Waals surface area contributed by atoms with Crippen molar-refractivity contribution < 1.29 is 27.7 Å². The van der Waals surface area contributed by atoms with Crippen LogP contribution in [0.25, 0.3) is 88.0 Å². The normalized spacial score (nSPS) is 16.8. The highest BCUT2D eigenvalue weighted by atomic mass is 16.3. The van der Waals surface area contributed by atoms with Crippen LogP contribution in [-0.2, 0) is 0 Å². The number of hydrogen-bond donors (Lipinski definition) is 0. The van der Waals surface area contributed by atoms with Crippen LogP contribution in [0.3, 0.4) is 0 Å². The molecule has 0 bridgehead atoms. The average molecular weight is 590 g/mol. The third-order valence-corrected chi connectivity index (χ3v) is 7.87. The third-order valence-electron chi connectivity index (χ3n) is 7.87. The predicted molar refractivity (Wildman–Crippen MR) is 190 cm³/mol. The first kappa shape index (κ1) is 13.8. The molecule has 1 aromatic heterocycles. The van der Waals surface area contributed by atoms with Gasteiger partial charge in [-0.1, -0.05) is 145 Å². The van der Waals surface area contributed by atoms with Gasteiger partial charge in [-0.3, -0.25) is 0 Å². The molecule has 0 atom stereocenters. The molecule has 0 amide bonds. The Morgan fingerprint density at radius 3 is 1.71 bits per heavy atom. The molecular formula is C44H28O. The Morgan fingerprint density at radius 2 is 0.978 bits per heavy atom. The quantitative estimate of drug-likeness (QED) is 0.186. The van der Waals surface area contributed by atoms with Gasteiger partial charge in [0.1, 0.15) is 11.2 Å². The number of rotatable bonds is 4. The fraction of sp³-hybridized carbons (Fsp3) is 0. The lowest BCUT2D eigenvalue weighted by Gasteiger charge is -2.20. The lowest BCUT2D eigenvalue weighted by Crippen LogP contribution is -1.93. The van der Waals surface area contributed by atoms with Gasteiger partial charge < -0.3 is 4.42 Å². The van der Waals surface area contributed by atoms with Crippen molar-refractivity contribution in [3.8, 4) is 44.5 Å². The van der Waals surface area contributed by atoms with Crippen LogP contribution < -0.4 is 0 Å². The molecule has 0 N–H and O–H groups in total. The smallest absolute Gasteiger partial charge is 0.136 e. The van der Waals surface area contributed by atoms with E-state index in [2.05, 4.69) is 0 Å². The summed E-state index contributed by atoms with van der Waals surface area (Å²) in [6.45, 7) is 0. The largest absolute Gasteiger partial charge is 0.456 e. The van der Waals surface area contributed by atoms with Crippen molar-refractivity contribution in [2.75, 3.05) is 0 Å². The van der Waals surface area contributed by atoms with Crippen LogP contribution in [0.15, 0.2) is 174 Å². The Kier molecular flexibility index (Phi) is 3.18. The van der Waals surface area contributed by atoms with Gasteiger partial charge in [0, 0.05) is 10.8 Å². The Hall–Kier alpha value is -5.92. The van der Waals surface area contributed by atoms with Crippen LogP contribution >= 0.6 is 0 Å². The van der Waals surface area contributed by atoms with E-state index in [-0.39, 0.29) is 32.7 Å². The van der Waals surface area contributed by atoms with Crippen LogP contribution in [0, 0.1) is 0 Å². The molecule has 0 radical (unpaired) electrons. The molecule has 1 heteroatoms. The Bertz CT molecular complexity index is 3380. The summed E-state index contributed by atoms with van der Waals surface area (Å²) in [5.41, 5.74) is -0.0530. The summed E-state index contributed by atoms with van der Waals surface area (Å²) >= 11 is 0.